The van der Waals surface area contributed by atoms with Crippen LogP contribution in [0.2, 0.25) is 0 Å². The van der Waals surface area contributed by atoms with E-state index in [0.717, 1.165) is 60.7 Å². The van der Waals surface area contributed by atoms with E-state index in [0.29, 0.717) is 21.7 Å². The number of allylic oxidation sites excluding steroid dienone is 17. The summed E-state index contributed by atoms with van der Waals surface area (Å²) in [7, 11) is 0. The number of rotatable bonds is 0. The number of para-hydroxylation sites is 1. The van der Waals surface area contributed by atoms with Crippen molar-refractivity contribution in [2.24, 2.45) is 17.8 Å². The lowest BCUT2D eigenvalue weighted by Crippen LogP contribution is -2.35. The molecule has 0 saturated heterocycles. The van der Waals surface area contributed by atoms with Gasteiger partial charge >= 0.3 is 0 Å². The molecule has 470 valence electrons. The minimum atomic E-state index is -0.299. The normalized spacial score (nSPS) is 16.3. The van der Waals surface area contributed by atoms with Crippen molar-refractivity contribution in [1.82, 2.24) is 29.9 Å². The quantitative estimate of drug-likeness (QED) is 0.149. The number of aryl methyl sites for hydroxylation is 4. The summed E-state index contributed by atoms with van der Waals surface area (Å²) in [5, 5.41) is 11.9. The number of thiazole rings is 1. The number of pyridine rings is 3. The van der Waals surface area contributed by atoms with Crippen LogP contribution in [-0.2, 0) is 19.3 Å². The molecule has 0 saturated carbocycles. The van der Waals surface area contributed by atoms with Gasteiger partial charge in [-0.3, -0.25) is 24.4 Å². The number of aromatic amines is 1. The number of nitrogens with zero attached hydrogens (tertiary/aromatic N) is 5. The average Bonchev–Trinajstić information content (AvgIpc) is 1.06. The number of ketones is 2. The highest BCUT2D eigenvalue weighted by molar-refractivity contribution is 7.25. The van der Waals surface area contributed by atoms with Crippen molar-refractivity contribution in [2.45, 2.75) is 46.0 Å². The van der Waals surface area contributed by atoms with Crippen molar-refractivity contribution in [3.05, 3.63) is 345 Å². The van der Waals surface area contributed by atoms with Crippen LogP contribution in [0, 0.1) is 31.6 Å². The Morgan fingerprint density at radius 2 is 1.11 bits per heavy atom. The van der Waals surface area contributed by atoms with E-state index >= 15 is 0 Å². The summed E-state index contributed by atoms with van der Waals surface area (Å²) >= 11 is 3.08. The standard InChI is InChI=1S/C20H16.C14H10O2.C13H10.C12H8N2.C11H9N3OS.C9H8.C7H5NS/c1-2-7-17-15(4-1)12-16-9-8-13-5-3-6-14-10-11-18(17)20(16)19(13)14;15-13-9-5-1-2-6-10(9)14(16)12-8-4-3-7-11(12)13;1-4-10-6-2-8-12-9-3-7-11(5-1)13(10)12;1-3-9-5-6-10-4-2-8-14-12(10)11(9)13-7-1;1-5-3-6(2)14-11-7(5)8-9(16-11)10(15)13-4-12-8;1-2-5-9-7-3-6-8(9)4-1;1-2-4-7-6(3-1)8-5-9-7/h3,5-6,8-12H,1-2,4,7H2;1-10H;1-9,13H;1-8H;3-4H,1-2H3,(H,12,13,15);1-6H,7H2;1-5H. The van der Waals surface area contributed by atoms with Gasteiger partial charge < -0.3 is 4.98 Å². The first-order valence-electron chi connectivity index (χ1n) is 32.9. The molecule has 0 aliphatic heterocycles. The smallest absolute Gasteiger partial charge is 0.268 e. The third-order valence-corrected chi connectivity index (χ3v) is 20.6. The van der Waals surface area contributed by atoms with Gasteiger partial charge in [0.05, 0.1) is 50.4 Å². The molecule has 6 aromatic heterocycles. The lowest BCUT2D eigenvalue weighted by Gasteiger charge is -2.28. The maximum absolute atomic E-state index is 12.2. The number of carbonyl (C=O) groups is 2. The fraction of sp³-hybridized carbons (Fsp3) is 0.116. The SMILES string of the molecule is C1=CC2=CC=CC3=CC=CC(=C1)C23.C1=Cc2ccccc2C1.Cc1cc(C)c2c(n1)sc1c(=O)[nH]cnc12.O=C1c2ccccc2C(=O)C2C=CC=CC12.c1cc2ccc3cc4c(c5ccc(c1)c2c35)CCCC4.c1ccc2scnc2c1.c1cnc2c(c1)ccc1cccnc12. The number of H-pyrrole nitrogens is 1. The Bertz CT molecular complexity index is 5560. The molecule has 0 radical (unpaired) electrons. The summed E-state index contributed by atoms with van der Waals surface area (Å²) in [6.07, 6.45) is 42.6. The van der Waals surface area contributed by atoms with E-state index in [1.165, 1.54) is 108 Å². The number of hydrogen-bond donors (Lipinski definition) is 1. The third kappa shape index (κ3) is 12.6. The molecule has 97 heavy (non-hydrogen) atoms. The first kappa shape index (κ1) is 61.9. The summed E-state index contributed by atoms with van der Waals surface area (Å²) < 4.78 is 1.91. The van der Waals surface area contributed by atoms with Gasteiger partial charge in [0.1, 0.15) is 9.53 Å². The molecular formula is C86H66N6O3S2. The van der Waals surface area contributed by atoms with Crippen LogP contribution in [0.15, 0.2) is 295 Å². The van der Waals surface area contributed by atoms with Crippen molar-refractivity contribution in [3.8, 4) is 0 Å². The van der Waals surface area contributed by atoms with Crippen molar-refractivity contribution in [1.29, 1.82) is 0 Å². The Hall–Kier alpha value is -11.2. The van der Waals surface area contributed by atoms with Gasteiger partial charge in [0.15, 0.2) is 11.6 Å². The average molecular weight is 1300 g/mol. The van der Waals surface area contributed by atoms with Crippen LogP contribution in [0.25, 0.3) is 90.8 Å². The molecule has 0 spiro atoms. The van der Waals surface area contributed by atoms with Crippen LogP contribution in [0.5, 0.6) is 0 Å². The van der Waals surface area contributed by atoms with Crippen LogP contribution < -0.4 is 5.56 Å². The molecule has 8 aromatic carbocycles. The van der Waals surface area contributed by atoms with E-state index in [9.17, 15) is 14.4 Å². The van der Waals surface area contributed by atoms with Gasteiger partial charge in [-0.1, -0.05) is 225 Å². The molecule has 7 aliphatic rings. The minimum absolute atomic E-state index is 0.0563. The van der Waals surface area contributed by atoms with E-state index < -0.39 is 0 Å². The zero-order valence-electron chi connectivity index (χ0n) is 53.6. The molecule has 0 amide bonds. The summed E-state index contributed by atoms with van der Waals surface area (Å²) in [6, 6.07) is 56.2. The van der Waals surface area contributed by atoms with E-state index in [-0.39, 0.29) is 29.0 Å². The van der Waals surface area contributed by atoms with Crippen molar-refractivity contribution in [2.75, 3.05) is 0 Å². The fourth-order valence-corrected chi connectivity index (χ4v) is 16.0. The van der Waals surface area contributed by atoms with Crippen molar-refractivity contribution >= 4 is 125 Å². The lowest BCUT2D eigenvalue weighted by atomic mass is 9.72. The number of carbonyl (C=O) groups excluding carboxylic acids is 2. The zero-order valence-corrected chi connectivity index (χ0v) is 55.2. The van der Waals surface area contributed by atoms with Gasteiger partial charge in [0, 0.05) is 51.3 Å². The minimum Gasteiger partial charge on any atom is -0.312 e. The molecule has 0 bridgehead atoms. The van der Waals surface area contributed by atoms with Crippen molar-refractivity contribution in [3.63, 3.8) is 0 Å². The number of hydrogen-bond acceptors (Lipinski definition) is 10. The number of Topliss-reactive ketones (excluding diaryl/α,β-unsaturated/α-hetero) is 2. The maximum Gasteiger partial charge on any atom is 0.268 e. The summed E-state index contributed by atoms with van der Waals surface area (Å²) in [4.78, 5) is 60.9. The number of thiophene rings is 1. The number of aromatic nitrogens is 6. The molecule has 6 heterocycles. The van der Waals surface area contributed by atoms with Crippen LogP contribution >= 0.6 is 22.7 Å². The van der Waals surface area contributed by atoms with Gasteiger partial charge in [-0.2, -0.15) is 0 Å². The van der Waals surface area contributed by atoms with E-state index in [4.69, 9.17) is 0 Å². The Labute approximate surface area is 569 Å². The van der Waals surface area contributed by atoms with Crippen LogP contribution in [0.4, 0.5) is 0 Å². The predicted octanol–water partition coefficient (Wildman–Crippen LogP) is 20.5. The molecule has 2 atom stereocenters. The predicted molar refractivity (Wildman–Crippen MR) is 403 cm³/mol. The number of nitrogens with one attached hydrogen (secondary N) is 1. The summed E-state index contributed by atoms with van der Waals surface area (Å²) in [6.45, 7) is 3.97. The summed E-state index contributed by atoms with van der Waals surface area (Å²) in [5.41, 5.74) is 19.1. The summed E-state index contributed by atoms with van der Waals surface area (Å²) in [5.74, 6) is 0.0291. The largest absolute Gasteiger partial charge is 0.312 e. The maximum atomic E-state index is 12.2. The second-order valence-corrected chi connectivity index (χ2v) is 26.7. The second kappa shape index (κ2) is 27.6. The van der Waals surface area contributed by atoms with Gasteiger partial charge in [-0.05, 0) is 153 Å². The van der Waals surface area contributed by atoms with Crippen LogP contribution in [-0.4, -0.2) is 41.5 Å². The molecule has 7 aliphatic carbocycles. The highest BCUT2D eigenvalue weighted by Gasteiger charge is 2.39. The van der Waals surface area contributed by atoms with Crippen LogP contribution in [0.1, 0.15) is 67.1 Å². The first-order valence-corrected chi connectivity index (χ1v) is 34.6. The van der Waals surface area contributed by atoms with Gasteiger partial charge in [0.2, 0.25) is 0 Å². The molecular weight excluding hydrogens is 1230 g/mol. The highest BCUT2D eigenvalue weighted by Crippen LogP contribution is 2.41. The molecule has 1 N–H and O–H groups in total. The van der Waals surface area contributed by atoms with Gasteiger partial charge in [-0.25, -0.2) is 15.0 Å². The first-order chi connectivity index (χ1) is 47.7. The Morgan fingerprint density at radius 3 is 1.79 bits per heavy atom. The fourth-order valence-electron chi connectivity index (χ4n) is 14.2. The van der Waals surface area contributed by atoms with E-state index in [1.54, 1.807) is 59.1 Å². The molecule has 14 aromatic rings. The number of fused-ring (bicyclic) bond motifs is 12. The monoisotopic (exact) mass is 1290 g/mol. The Kier molecular flexibility index (Phi) is 17.6. The Morgan fingerprint density at radius 1 is 0.505 bits per heavy atom. The lowest BCUT2D eigenvalue weighted by molar-refractivity contribution is 0.0801. The molecule has 11 heteroatoms. The molecule has 2 unspecified atom stereocenters. The van der Waals surface area contributed by atoms with Gasteiger partial charge in [0.25, 0.3) is 5.56 Å². The molecule has 21 rings (SSSR count). The topological polar surface area (TPSA) is 131 Å². The van der Waals surface area contributed by atoms with E-state index in [2.05, 4.69) is 200 Å². The Balaban J connectivity index is 0.0000000940. The molecule has 0 fully saturated rings. The third-order valence-electron chi connectivity index (χ3n) is 18.7. The highest BCUT2D eigenvalue weighted by atomic mass is 32.1. The van der Waals surface area contributed by atoms with Gasteiger partial charge in [-0.15, -0.1) is 22.7 Å². The zero-order chi connectivity index (χ0) is 65.8. The second-order valence-electron chi connectivity index (χ2n) is 24.8. The van der Waals surface area contributed by atoms with Crippen LogP contribution in [0.3, 0.4) is 0 Å². The molecule has 9 nitrogen and oxygen atoms in total. The van der Waals surface area contributed by atoms with E-state index in [1.807, 2.05) is 80.1 Å². The van der Waals surface area contributed by atoms with Crippen molar-refractivity contribution < 1.29 is 9.59 Å². The number of benzene rings is 8.